The minimum atomic E-state index is -1.04. The first kappa shape index (κ1) is 18.0. The van der Waals surface area contributed by atoms with Gasteiger partial charge in [0.25, 0.3) is 5.91 Å². The molecule has 0 saturated heterocycles. The molecule has 2 aromatic carbocycles. The monoisotopic (exact) mass is 365 g/mol. The van der Waals surface area contributed by atoms with Gasteiger partial charge >= 0.3 is 5.97 Å². The third-order valence-electron chi connectivity index (χ3n) is 3.12. The van der Waals surface area contributed by atoms with Crippen LogP contribution in [0.2, 0.25) is 10.0 Å². The quantitative estimate of drug-likeness (QED) is 0.642. The smallest absolute Gasteiger partial charge is 0.338 e. The number of benzene rings is 2. The first-order chi connectivity index (χ1) is 11.4. The average molecular weight is 366 g/mol. The van der Waals surface area contributed by atoms with Gasteiger partial charge in [-0.2, -0.15) is 0 Å². The van der Waals surface area contributed by atoms with E-state index in [2.05, 4.69) is 5.32 Å². The molecular formula is C17H13Cl2NO4. The highest BCUT2D eigenvalue weighted by atomic mass is 35.5. The third kappa shape index (κ3) is 4.57. The number of carbonyl (C=O) groups is 3. The van der Waals surface area contributed by atoms with Crippen molar-refractivity contribution in [3.05, 3.63) is 63.6 Å². The van der Waals surface area contributed by atoms with Gasteiger partial charge in [0, 0.05) is 10.6 Å². The van der Waals surface area contributed by atoms with Crippen LogP contribution in [0.4, 0.5) is 5.69 Å². The van der Waals surface area contributed by atoms with Crippen LogP contribution in [0.25, 0.3) is 0 Å². The molecule has 1 atom stereocenters. The molecule has 0 aromatic heterocycles. The Kier molecular flexibility index (Phi) is 5.95. The molecule has 0 fully saturated rings. The normalized spacial score (nSPS) is 11.5. The summed E-state index contributed by atoms with van der Waals surface area (Å²) in [5.41, 5.74) is 1.00. The Bertz CT molecular complexity index is 775. The maximum absolute atomic E-state index is 12.1. The van der Waals surface area contributed by atoms with Gasteiger partial charge < -0.3 is 10.1 Å². The summed E-state index contributed by atoms with van der Waals surface area (Å²) in [6.45, 7) is 1.44. The van der Waals surface area contributed by atoms with Crippen molar-refractivity contribution >= 4 is 47.1 Å². The lowest BCUT2D eigenvalue weighted by Gasteiger charge is -2.14. The molecule has 0 heterocycles. The van der Waals surface area contributed by atoms with E-state index in [0.717, 1.165) is 0 Å². The topological polar surface area (TPSA) is 72.5 Å². The zero-order valence-corrected chi connectivity index (χ0v) is 14.1. The van der Waals surface area contributed by atoms with Crippen molar-refractivity contribution in [3.63, 3.8) is 0 Å². The Morgan fingerprint density at radius 3 is 2.42 bits per heavy atom. The van der Waals surface area contributed by atoms with Crippen molar-refractivity contribution in [1.82, 2.24) is 0 Å². The maximum Gasteiger partial charge on any atom is 0.338 e. The van der Waals surface area contributed by atoms with E-state index < -0.39 is 18.0 Å². The molecule has 0 spiro atoms. The predicted molar refractivity (Wildman–Crippen MR) is 91.8 cm³/mol. The molecule has 0 bridgehead atoms. The summed E-state index contributed by atoms with van der Waals surface area (Å²) in [4.78, 5) is 34.7. The van der Waals surface area contributed by atoms with E-state index in [1.54, 1.807) is 12.1 Å². The number of esters is 1. The molecule has 1 unspecified atom stereocenters. The summed E-state index contributed by atoms with van der Waals surface area (Å²) in [6, 6.07) is 10.5. The van der Waals surface area contributed by atoms with Gasteiger partial charge in [0.15, 0.2) is 6.10 Å². The Morgan fingerprint density at radius 2 is 1.79 bits per heavy atom. The van der Waals surface area contributed by atoms with E-state index >= 15 is 0 Å². The maximum atomic E-state index is 12.1. The molecule has 0 aliphatic carbocycles. The van der Waals surface area contributed by atoms with Crippen LogP contribution in [0, 0.1) is 0 Å². The summed E-state index contributed by atoms with van der Waals surface area (Å²) in [5.74, 6) is -1.22. The first-order valence-corrected chi connectivity index (χ1v) is 7.68. The first-order valence-electron chi connectivity index (χ1n) is 6.93. The SMILES string of the molecule is CC(OC(=O)c1ccc(C=O)cc1)C(=O)Nc1cc(Cl)ccc1Cl. The van der Waals surface area contributed by atoms with Gasteiger partial charge in [-0.05, 0) is 37.3 Å². The van der Waals surface area contributed by atoms with Crippen LogP contribution in [-0.2, 0) is 9.53 Å². The number of ether oxygens (including phenoxy) is 1. The number of hydrogen-bond donors (Lipinski definition) is 1. The van der Waals surface area contributed by atoms with Crippen LogP contribution < -0.4 is 5.32 Å². The number of carbonyl (C=O) groups excluding carboxylic acids is 3. The van der Waals surface area contributed by atoms with Crippen LogP contribution in [0.3, 0.4) is 0 Å². The summed E-state index contributed by atoms with van der Waals surface area (Å²) in [5, 5.41) is 3.27. The summed E-state index contributed by atoms with van der Waals surface area (Å²) < 4.78 is 5.10. The minimum Gasteiger partial charge on any atom is -0.449 e. The van der Waals surface area contributed by atoms with Crippen molar-refractivity contribution in [3.8, 4) is 0 Å². The fraction of sp³-hybridized carbons (Fsp3) is 0.118. The Labute approximate surface area is 148 Å². The molecule has 0 radical (unpaired) electrons. The number of hydrogen-bond acceptors (Lipinski definition) is 4. The Hall–Kier alpha value is -2.37. The third-order valence-corrected chi connectivity index (χ3v) is 3.69. The fourth-order valence-electron chi connectivity index (χ4n) is 1.81. The van der Waals surface area contributed by atoms with Crippen LogP contribution >= 0.6 is 23.2 Å². The molecule has 24 heavy (non-hydrogen) atoms. The predicted octanol–water partition coefficient (Wildman–Crippen LogP) is 3.99. The van der Waals surface area contributed by atoms with Crippen molar-refractivity contribution in [2.45, 2.75) is 13.0 Å². The molecular weight excluding hydrogens is 353 g/mol. The van der Waals surface area contributed by atoms with Gasteiger partial charge in [0.2, 0.25) is 0 Å². The zero-order valence-electron chi connectivity index (χ0n) is 12.6. The van der Waals surface area contributed by atoms with Gasteiger partial charge in [-0.3, -0.25) is 9.59 Å². The van der Waals surface area contributed by atoms with Crippen molar-refractivity contribution in [2.75, 3.05) is 5.32 Å². The van der Waals surface area contributed by atoms with Crippen LogP contribution in [0.15, 0.2) is 42.5 Å². The highest BCUT2D eigenvalue weighted by molar-refractivity contribution is 6.35. The van der Waals surface area contributed by atoms with E-state index in [0.29, 0.717) is 27.6 Å². The largest absolute Gasteiger partial charge is 0.449 e. The van der Waals surface area contributed by atoms with Gasteiger partial charge in [-0.15, -0.1) is 0 Å². The molecule has 2 aromatic rings. The summed E-state index contributed by atoms with van der Waals surface area (Å²) >= 11 is 11.8. The molecule has 1 N–H and O–H groups in total. The average Bonchev–Trinajstić information content (AvgIpc) is 2.58. The Balaban J connectivity index is 2.01. The van der Waals surface area contributed by atoms with Crippen molar-refractivity contribution < 1.29 is 19.1 Å². The van der Waals surface area contributed by atoms with Crippen LogP contribution in [0.1, 0.15) is 27.6 Å². The van der Waals surface area contributed by atoms with Crippen molar-refractivity contribution in [1.29, 1.82) is 0 Å². The highest BCUT2D eigenvalue weighted by Crippen LogP contribution is 2.25. The molecule has 7 heteroatoms. The molecule has 0 saturated carbocycles. The van der Waals surface area contributed by atoms with Crippen molar-refractivity contribution in [2.24, 2.45) is 0 Å². The van der Waals surface area contributed by atoms with Gasteiger partial charge in [-0.25, -0.2) is 4.79 Å². The molecule has 124 valence electrons. The van der Waals surface area contributed by atoms with Crippen LogP contribution in [-0.4, -0.2) is 24.3 Å². The lowest BCUT2D eigenvalue weighted by Crippen LogP contribution is -2.30. The molecule has 0 aliphatic heterocycles. The second-order valence-electron chi connectivity index (χ2n) is 4.90. The second-order valence-corrected chi connectivity index (χ2v) is 5.74. The van der Waals surface area contributed by atoms with Crippen LogP contribution in [0.5, 0.6) is 0 Å². The highest BCUT2D eigenvalue weighted by Gasteiger charge is 2.20. The number of nitrogens with one attached hydrogen (secondary N) is 1. The van der Waals surface area contributed by atoms with E-state index in [4.69, 9.17) is 27.9 Å². The lowest BCUT2D eigenvalue weighted by molar-refractivity contribution is -0.123. The summed E-state index contributed by atoms with van der Waals surface area (Å²) in [7, 11) is 0. The number of aldehydes is 1. The summed E-state index contributed by atoms with van der Waals surface area (Å²) in [6.07, 6.45) is -0.377. The lowest BCUT2D eigenvalue weighted by atomic mass is 10.1. The standard InChI is InChI=1S/C17H13Cl2NO4/c1-10(16(22)20-15-8-13(18)6-7-14(15)19)24-17(23)12-4-2-11(9-21)3-5-12/h2-10H,1H3,(H,20,22). The van der Waals surface area contributed by atoms with Gasteiger partial charge in [-0.1, -0.05) is 35.3 Å². The molecule has 0 aliphatic rings. The number of halogens is 2. The second kappa shape index (κ2) is 7.95. The minimum absolute atomic E-state index is 0.237. The van der Waals surface area contributed by atoms with E-state index in [9.17, 15) is 14.4 Å². The molecule has 2 rings (SSSR count). The molecule has 1 amide bonds. The van der Waals surface area contributed by atoms with E-state index in [-0.39, 0.29) is 5.56 Å². The van der Waals surface area contributed by atoms with E-state index in [1.807, 2.05) is 0 Å². The zero-order chi connectivity index (χ0) is 17.7. The number of amides is 1. The fourth-order valence-corrected chi connectivity index (χ4v) is 2.14. The number of rotatable bonds is 5. The van der Waals surface area contributed by atoms with Gasteiger partial charge in [0.05, 0.1) is 16.3 Å². The Morgan fingerprint density at radius 1 is 1.12 bits per heavy atom. The van der Waals surface area contributed by atoms with E-state index in [1.165, 1.54) is 37.3 Å². The molecule has 5 nitrogen and oxygen atoms in total. The van der Waals surface area contributed by atoms with Gasteiger partial charge in [0.1, 0.15) is 6.29 Å². The number of anilines is 1.